The van der Waals surface area contributed by atoms with Crippen LogP contribution in [0.4, 0.5) is 5.13 Å². The molecule has 0 radical (unpaired) electrons. The van der Waals surface area contributed by atoms with E-state index in [1.807, 2.05) is 25.1 Å². The topological polar surface area (TPSA) is 69.7 Å². The summed E-state index contributed by atoms with van der Waals surface area (Å²) < 4.78 is 15.8. The normalized spacial score (nSPS) is 10.4. The molecule has 1 heterocycles. The number of carbonyl (C=O) groups is 1. The number of carbonyl (C=O) groups excluding carboxylic acids is 1. The second kappa shape index (κ2) is 8.09. The summed E-state index contributed by atoms with van der Waals surface area (Å²) in [6.07, 6.45) is 0. The van der Waals surface area contributed by atoms with Crippen LogP contribution < -0.4 is 19.5 Å². The summed E-state index contributed by atoms with van der Waals surface area (Å²) in [6.45, 7) is 1.96. The van der Waals surface area contributed by atoms with Crippen LogP contribution in [0.3, 0.4) is 0 Å². The highest BCUT2D eigenvalue weighted by Gasteiger charge is 2.15. The van der Waals surface area contributed by atoms with Crippen LogP contribution in [0.15, 0.2) is 42.5 Å². The Hall–Kier alpha value is -3.06. The summed E-state index contributed by atoms with van der Waals surface area (Å²) in [7, 11) is 4.75. The number of nitrogens with zero attached hydrogens (tertiary/aromatic N) is 1. The van der Waals surface area contributed by atoms with Gasteiger partial charge in [-0.2, -0.15) is 0 Å². The molecule has 0 unspecified atom stereocenters. The van der Waals surface area contributed by atoms with E-state index in [0.29, 0.717) is 27.9 Å². The van der Waals surface area contributed by atoms with Crippen LogP contribution >= 0.6 is 11.3 Å². The van der Waals surface area contributed by atoms with Crippen molar-refractivity contribution in [2.24, 2.45) is 0 Å². The van der Waals surface area contributed by atoms with Crippen molar-refractivity contribution in [1.82, 2.24) is 4.98 Å². The molecule has 0 saturated heterocycles. The molecular formula is C20H20N2O4S. The van der Waals surface area contributed by atoms with Gasteiger partial charge >= 0.3 is 0 Å². The zero-order valence-corrected chi connectivity index (χ0v) is 16.3. The largest absolute Gasteiger partial charge is 0.497 e. The van der Waals surface area contributed by atoms with Gasteiger partial charge in [-0.15, -0.1) is 11.3 Å². The second-order valence-electron chi connectivity index (χ2n) is 5.68. The van der Waals surface area contributed by atoms with Gasteiger partial charge in [0.25, 0.3) is 5.91 Å². The molecule has 6 nitrogen and oxygen atoms in total. The third-order valence-corrected chi connectivity index (χ3v) is 4.89. The average molecular weight is 384 g/mol. The number of anilines is 1. The van der Waals surface area contributed by atoms with E-state index in [0.717, 1.165) is 16.1 Å². The maximum absolute atomic E-state index is 12.5. The molecule has 1 aromatic heterocycles. The molecule has 27 heavy (non-hydrogen) atoms. The minimum atomic E-state index is -0.235. The van der Waals surface area contributed by atoms with E-state index in [1.54, 1.807) is 45.6 Å². The number of methoxy groups -OCH3 is 3. The van der Waals surface area contributed by atoms with Crippen molar-refractivity contribution < 1.29 is 19.0 Å². The standard InChI is InChI=1S/C20H20N2O4S/c1-12-18(13-8-9-16(25-3)17(11-13)26-4)21-20(27-12)22-19(23)14-6-5-7-15(10-14)24-2/h5-11H,1-4H3,(H,21,22,23). The van der Waals surface area contributed by atoms with Gasteiger partial charge in [0.05, 0.1) is 27.0 Å². The van der Waals surface area contributed by atoms with Gasteiger partial charge in [0, 0.05) is 16.0 Å². The Morgan fingerprint density at radius 1 is 1.00 bits per heavy atom. The Labute approximate surface area is 161 Å². The van der Waals surface area contributed by atoms with Crippen molar-refractivity contribution in [3.8, 4) is 28.5 Å². The first-order valence-electron chi connectivity index (χ1n) is 8.21. The molecule has 1 amide bonds. The van der Waals surface area contributed by atoms with Crippen LogP contribution in [0.1, 0.15) is 15.2 Å². The van der Waals surface area contributed by atoms with Gasteiger partial charge in [0.1, 0.15) is 5.75 Å². The van der Waals surface area contributed by atoms with Crippen LogP contribution in [0.5, 0.6) is 17.2 Å². The van der Waals surface area contributed by atoms with Crippen molar-refractivity contribution in [3.63, 3.8) is 0 Å². The molecule has 140 valence electrons. The van der Waals surface area contributed by atoms with Crippen LogP contribution in [0, 0.1) is 6.92 Å². The molecule has 0 bridgehead atoms. The summed E-state index contributed by atoms with van der Waals surface area (Å²) in [6, 6.07) is 12.6. The fourth-order valence-corrected chi connectivity index (χ4v) is 3.47. The average Bonchev–Trinajstić information content (AvgIpc) is 3.07. The van der Waals surface area contributed by atoms with E-state index in [4.69, 9.17) is 14.2 Å². The second-order valence-corrected chi connectivity index (χ2v) is 6.88. The van der Waals surface area contributed by atoms with Crippen LogP contribution in [0.2, 0.25) is 0 Å². The number of nitrogens with one attached hydrogen (secondary N) is 1. The SMILES string of the molecule is COc1cccc(C(=O)Nc2nc(-c3ccc(OC)c(OC)c3)c(C)s2)c1. The van der Waals surface area contributed by atoms with Crippen molar-refractivity contribution in [1.29, 1.82) is 0 Å². The number of thiazole rings is 1. The molecule has 0 saturated carbocycles. The highest BCUT2D eigenvalue weighted by atomic mass is 32.1. The first-order chi connectivity index (χ1) is 13.0. The Bertz CT molecular complexity index is 968. The minimum Gasteiger partial charge on any atom is -0.497 e. The van der Waals surface area contributed by atoms with Gasteiger partial charge in [-0.25, -0.2) is 4.98 Å². The van der Waals surface area contributed by atoms with Gasteiger partial charge in [-0.1, -0.05) is 6.07 Å². The summed E-state index contributed by atoms with van der Waals surface area (Å²) in [4.78, 5) is 18.1. The molecule has 0 fully saturated rings. The molecule has 3 aromatic rings. The molecule has 7 heteroatoms. The van der Waals surface area contributed by atoms with E-state index in [-0.39, 0.29) is 5.91 Å². The number of aryl methyl sites for hydroxylation is 1. The number of aromatic nitrogens is 1. The third-order valence-electron chi connectivity index (χ3n) is 4.01. The molecule has 3 rings (SSSR count). The third kappa shape index (κ3) is 4.03. The fraction of sp³-hybridized carbons (Fsp3) is 0.200. The lowest BCUT2D eigenvalue weighted by Gasteiger charge is -2.08. The van der Waals surface area contributed by atoms with E-state index >= 15 is 0 Å². The Kier molecular flexibility index (Phi) is 5.61. The van der Waals surface area contributed by atoms with Gasteiger partial charge < -0.3 is 14.2 Å². The van der Waals surface area contributed by atoms with E-state index in [1.165, 1.54) is 11.3 Å². The zero-order valence-electron chi connectivity index (χ0n) is 15.5. The van der Waals surface area contributed by atoms with Crippen molar-refractivity contribution in [2.75, 3.05) is 26.6 Å². The number of amides is 1. The predicted octanol–water partition coefficient (Wildman–Crippen LogP) is 4.40. The number of rotatable bonds is 6. The van der Waals surface area contributed by atoms with Gasteiger partial charge in [-0.3, -0.25) is 10.1 Å². The monoisotopic (exact) mass is 384 g/mol. The molecule has 0 aliphatic carbocycles. The van der Waals surface area contributed by atoms with Gasteiger partial charge in [-0.05, 0) is 43.3 Å². The maximum Gasteiger partial charge on any atom is 0.257 e. The van der Waals surface area contributed by atoms with Crippen LogP contribution in [0.25, 0.3) is 11.3 Å². The minimum absolute atomic E-state index is 0.235. The molecule has 1 N–H and O–H groups in total. The zero-order chi connectivity index (χ0) is 19.4. The molecular weight excluding hydrogens is 364 g/mol. The van der Waals surface area contributed by atoms with Crippen molar-refractivity contribution >= 4 is 22.4 Å². The highest BCUT2D eigenvalue weighted by molar-refractivity contribution is 7.16. The smallest absolute Gasteiger partial charge is 0.257 e. The van der Waals surface area contributed by atoms with Gasteiger partial charge in [0.15, 0.2) is 16.6 Å². The van der Waals surface area contributed by atoms with Crippen LogP contribution in [-0.4, -0.2) is 32.2 Å². The van der Waals surface area contributed by atoms with E-state index in [9.17, 15) is 4.79 Å². The summed E-state index contributed by atoms with van der Waals surface area (Å²) in [5.41, 5.74) is 2.19. The van der Waals surface area contributed by atoms with Crippen LogP contribution in [-0.2, 0) is 0 Å². The summed E-state index contributed by atoms with van der Waals surface area (Å²) in [5, 5.41) is 3.38. The number of hydrogen-bond donors (Lipinski definition) is 1. The summed E-state index contributed by atoms with van der Waals surface area (Å²) in [5.74, 6) is 1.68. The number of benzene rings is 2. The number of ether oxygens (including phenoxy) is 3. The molecule has 0 atom stereocenters. The quantitative estimate of drug-likeness (QED) is 0.682. The van der Waals surface area contributed by atoms with Gasteiger partial charge in [0.2, 0.25) is 0 Å². The van der Waals surface area contributed by atoms with E-state index < -0.39 is 0 Å². The van der Waals surface area contributed by atoms with Crippen molar-refractivity contribution in [3.05, 3.63) is 52.9 Å². The molecule has 0 spiro atoms. The lowest BCUT2D eigenvalue weighted by atomic mass is 10.1. The first-order valence-corrected chi connectivity index (χ1v) is 9.02. The lowest BCUT2D eigenvalue weighted by molar-refractivity contribution is 0.102. The highest BCUT2D eigenvalue weighted by Crippen LogP contribution is 2.36. The summed E-state index contributed by atoms with van der Waals surface area (Å²) >= 11 is 1.42. The maximum atomic E-state index is 12.5. The molecule has 2 aromatic carbocycles. The Morgan fingerprint density at radius 2 is 1.78 bits per heavy atom. The molecule has 0 aliphatic heterocycles. The number of hydrogen-bond acceptors (Lipinski definition) is 6. The Morgan fingerprint density at radius 3 is 2.48 bits per heavy atom. The van der Waals surface area contributed by atoms with E-state index in [2.05, 4.69) is 10.3 Å². The lowest BCUT2D eigenvalue weighted by Crippen LogP contribution is -2.11. The predicted molar refractivity (Wildman–Crippen MR) is 106 cm³/mol. The first kappa shape index (κ1) is 18.7. The fourth-order valence-electron chi connectivity index (χ4n) is 2.63. The van der Waals surface area contributed by atoms with Crippen molar-refractivity contribution in [2.45, 2.75) is 6.92 Å². The molecule has 0 aliphatic rings. The Balaban J connectivity index is 1.85.